The Hall–Kier alpha value is 5.17. The molecule has 0 aromatic carbocycles. The molecule has 0 saturated carbocycles. The first-order valence-electron chi connectivity index (χ1n) is 13.3. The standard InChI is InChI=1S/20Mo.Na.80O/q;;;;;;;;;;;;;;;;;;;;+1;;;;;;;;;;;;;;;;;;;;;;;;;;;;;;;;;;;;;;;;;40*-1. The van der Waals surface area contributed by atoms with Crippen molar-refractivity contribution in [3.8, 4) is 0 Å². The fourth-order valence-corrected chi connectivity index (χ4v) is 0. The summed E-state index contributed by atoms with van der Waals surface area (Å²) in [4.78, 5) is 0. The second-order valence-electron chi connectivity index (χ2n) is 8.16. The Morgan fingerprint density at radius 2 is 0.0693 bits per heavy atom. The summed E-state index contributed by atoms with van der Waals surface area (Å²) in [6.45, 7) is 0. The van der Waals surface area contributed by atoms with Crippen LogP contribution in [-0.4, -0.2) is 0 Å². The van der Waals surface area contributed by atoms with Crippen LogP contribution in [0.1, 0.15) is 0 Å². The van der Waals surface area contributed by atoms with Crippen LogP contribution in [0.2, 0.25) is 0 Å². The molecule has 101 heteroatoms. The van der Waals surface area contributed by atoms with Crippen LogP contribution in [0.4, 0.5) is 0 Å². The summed E-state index contributed by atoms with van der Waals surface area (Å²) in [5.41, 5.74) is 0. The van der Waals surface area contributed by atoms with Gasteiger partial charge in [0.2, 0.25) is 0 Å². The molecule has 0 radical (unpaired) electrons. The molecule has 0 amide bonds. The third-order valence-corrected chi connectivity index (χ3v) is 0. The van der Waals surface area contributed by atoms with E-state index in [1.807, 2.05) is 0 Å². The first kappa shape index (κ1) is 162. The van der Waals surface area contributed by atoms with Gasteiger partial charge in [0, 0.05) is 0 Å². The SMILES string of the molecule is [Na+].[O]=[Mo](=[O])([O-])[O-].[O]=[Mo](=[O])([O-])[O-].[O]=[Mo](=[O])([O-])[O-].[O]=[Mo](=[O])([O-])[O-].[O]=[Mo](=[O])([O-])[O-].[O]=[Mo](=[O])([O-])[O-].[O]=[Mo](=[O])([O-])[O-].[O]=[Mo](=[O])([O-])[O-].[O]=[Mo](=[O])([O-])[O-].[O]=[Mo](=[O])([O-])[O-].[O]=[Mo](=[O])([O-])[O-].[O]=[Mo](=[O])([O-])[O-].[O]=[Mo](=[O])([O-])[O-].[O]=[Mo](=[O])([O-])[O-].[O]=[Mo](=[O])([O-])[O-].[O]=[Mo](=[O])([O-])[O-].[O]=[Mo](=[O])([O-])[O-].[O]=[Mo](=[O])([O-])[O-].[O]=[Mo](=[O])([O-])[O-].[O]=[Mo](=[O])([O-])[O-]. The predicted octanol–water partition coefficient (Wildman–Crippen LogP) is -55.4. The molecule has 0 fully saturated rings. The minimum atomic E-state index is -6.02. The normalized spacial score (nSPS) is 11.5. The van der Waals surface area contributed by atoms with E-state index in [1.165, 1.54) is 0 Å². The second kappa shape index (κ2) is 72.8. The van der Waals surface area contributed by atoms with Gasteiger partial charge in [0.15, 0.2) is 0 Å². The van der Waals surface area contributed by atoms with Crippen molar-refractivity contribution < 1.29 is 651 Å². The zero-order valence-electron chi connectivity index (χ0n) is 41.8. The molecule has 0 aliphatic heterocycles. The number of rotatable bonds is 0. The molecular formula is Mo20NaO80-39. The summed E-state index contributed by atoms with van der Waals surface area (Å²) >= 11 is -120. The predicted molar refractivity (Wildman–Crippen MR) is 27.5 cm³/mol. The Labute approximate surface area is 638 Å². The first-order chi connectivity index (χ1) is 40.0. The van der Waals surface area contributed by atoms with Crippen molar-refractivity contribution in [1.82, 2.24) is 0 Å². The monoisotopic (exact) mass is 3260 g/mol. The Kier molecular flexibility index (Phi) is 117. The van der Waals surface area contributed by atoms with E-state index in [-0.39, 0.29) is 29.6 Å². The zero-order valence-corrected chi connectivity index (χ0v) is 84.0. The van der Waals surface area contributed by atoms with Crippen molar-refractivity contribution in [3.63, 3.8) is 0 Å². The molecule has 0 spiro atoms. The van der Waals surface area contributed by atoms with Gasteiger partial charge in [0.05, 0.1) is 0 Å². The molecule has 0 saturated heterocycles. The summed E-state index contributed by atoms with van der Waals surface area (Å²) < 4.78 is 690. The molecule has 640 valence electrons. The summed E-state index contributed by atoms with van der Waals surface area (Å²) in [5.74, 6) is 0. The molecular weight excluding hydrogens is 3220 g/mol. The van der Waals surface area contributed by atoms with Crippen molar-refractivity contribution in [1.29, 1.82) is 0 Å². The van der Waals surface area contributed by atoms with Crippen LogP contribution in [0.25, 0.3) is 0 Å². The average Bonchev–Trinajstić information content (AvgIpc) is 2.87. The molecule has 0 aliphatic carbocycles. The van der Waals surface area contributed by atoms with Gasteiger partial charge in [-0.15, -0.1) is 0 Å². The van der Waals surface area contributed by atoms with Gasteiger partial charge in [0.1, 0.15) is 0 Å². The van der Waals surface area contributed by atoms with Crippen LogP contribution in [-0.2, 0) is 471 Å². The van der Waals surface area contributed by atoms with Crippen LogP contribution in [0.5, 0.6) is 0 Å². The maximum atomic E-state index is 8.63. The van der Waals surface area contributed by atoms with E-state index < -0.39 is 335 Å². The minimum absolute atomic E-state index is 0. The van der Waals surface area contributed by atoms with E-state index in [4.69, 9.17) is 286 Å². The van der Waals surface area contributed by atoms with Gasteiger partial charge in [-0.05, 0) is 0 Å². The van der Waals surface area contributed by atoms with Crippen molar-refractivity contribution in [2.24, 2.45) is 0 Å². The molecule has 0 unspecified atom stereocenters. The molecule has 80 nitrogen and oxygen atoms in total. The van der Waals surface area contributed by atoms with Crippen LogP contribution >= 0.6 is 0 Å². The molecule has 101 heavy (non-hydrogen) atoms. The Balaban J connectivity index is -0.0000000351. The van der Waals surface area contributed by atoms with Crippen LogP contribution < -0.4 is 180 Å². The maximum absolute atomic E-state index is 8.63. The third kappa shape index (κ3) is 41900. The third-order valence-electron chi connectivity index (χ3n) is 0. The molecule has 0 rings (SSSR count). The van der Waals surface area contributed by atoms with Crippen molar-refractivity contribution >= 4 is 0 Å². The first-order valence-corrected chi connectivity index (χ1v) is 78.9. The fourth-order valence-electron chi connectivity index (χ4n) is 0. The Morgan fingerprint density at radius 1 is 0.0693 bits per heavy atom. The van der Waals surface area contributed by atoms with Gasteiger partial charge in [0.25, 0.3) is 0 Å². The van der Waals surface area contributed by atoms with E-state index in [9.17, 15) is 0 Å². The van der Waals surface area contributed by atoms with Crippen molar-refractivity contribution in [3.05, 3.63) is 0 Å². The van der Waals surface area contributed by atoms with Crippen LogP contribution in [0.3, 0.4) is 0 Å². The van der Waals surface area contributed by atoms with Crippen LogP contribution in [0, 0.1) is 0 Å². The number of hydrogen-bond acceptors (Lipinski definition) is 80. The van der Waals surface area contributed by atoms with Crippen molar-refractivity contribution in [2.45, 2.75) is 0 Å². The molecule has 0 bridgehead atoms. The van der Waals surface area contributed by atoms with Gasteiger partial charge in [-0.3, -0.25) is 0 Å². The van der Waals surface area contributed by atoms with E-state index in [1.54, 1.807) is 0 Å². The van der Waals surface area contributed by atoms with E-state index in [0.29, 0.717) is 0 Å². The Bertz CT molecular complexity index is 3040. The van der Waals surface area contributed by atoms with Gasteiger partial charge >= 0.3 is 651 Å². The molecule has 0 heterocycles. The van der Waals surface area contributed by atoms with Crippen molar-refractivity contribution in [2.75, 3.05) is 0 Å². The quantitative estimate of drug-likeness (QED) is 0.203. The summed E-state index contributed by atoms with van der Waals surface area (Å²) in [7, 11) is 0. The second-order valence-corrected chi connectivity index (χ2v) is 48.3. The molecule has 0 aromatic rings. The Morgan fingerprint density at radius 3 is 0.0693 bits per heavy atom. The average molecular weight is 3220 g/mol. The van der Waals surface area contributed by atoms with Gasteiger partial charge in [-0.2, -0.15) is 0 Å². The van der Waals surface area contributed by atoms with E-state index in [2.05, 4.69) is 0 Å². The summed E-state index contributed by atoms with van der Waals surface area (Å²) in [6, 6.07) is 0. The van der Waals surface area contributed by atoms with Gasteiger partial charge < -0.3 is 0 Å². The van der Waals surface area contributed by atoms with E-state index in [0.717, 1.165) is 0 Å². The summed E-state index contributed by atoms with van der Waals surface area (Å²) in [6.07, 6.45) is 0. The van der Waals surface area contributed by atoms with E-state index >= 15 is 0 Å². The van der Waals surface area contributed by atoms with Crippen LogP contribution in [0.15, 0.2) is 0 Å². The zero-order chi connectivity index (χ0) is 90.0. The van der Waals surface area contributed by atoms with Gasteiger partial charge in [-0.1, -0.05) is 0 Å². The molecule has 0 atom stereocenters. The topological polar surface area (TPSA) is 1610 Å². The summed E-state index contributed by atoms with van der Waals surface area (Å²) in [5, 5.41) is 0. The molecule has 0 aromatic heterocycles. The molecule has 0 aliphatic rings. The fraction of sp³-hybridized carbons (Fsp3) is 0. The van der Waals surface area contributed by atoms with Gasteiger partial charge in [-0.25, -0.2) is 0 Å². The number of hydrogen-bond donors (Lipinski definition) is 0. The molecule has 0 N–H and O–H groups in total.